The number of fused-ring (bicyclic) bond motifs is 9. The van der Waals surface area contributed by atoms with Crippen LogP contribution in [0.5, 0.6) is 0 Å². The maximum atomic E-state index is 16.7. The highest BCUT2D eigenvalue weighted by Gasteiger charge is 2.79. The SMILES string of the molecule is COC(=O)CCCC1(c2sc(F)c3c2C(F)(F)C(F)(F)C(F)(F)C3)C2c3c4c5c6c3c3c(c7ccc8c9ccc%10c%11c%12c%13c(c6c6c%13c(c%119)c8c7c36)=C3C5C(C=C4)C4C=CC%10C%12C34)C21. The maximum absolute atomic E-state index is 16.7. The molecule has 0 bridgehead atoms. The molecule has 1 aromatic heterocycles. The fraction of sp³-hybridized carbons (Fsp3) is 0.315. The van der Waals surface area contributed by atoms with Crippen molar-refractivity contribution in [3.05, 3.63) is 102 Å². The van der Waals surface area contributed by atoms with Crippen LogP contribution in [0.25, 0.3) is 97.8 Å². The van der Waals surface area contributed by atoms with Gasteiger partial charge in [0.25, 0.3) is 0 Å². The van der Waals surface area contributed by atoms with Crippen molar-refractivity contribution in [2.75, 3.05) is 7.11 Å². The number of ether oxygens (including phenoxy) is 1. The van der Waals surface area contributed by atoms with Crippen LogP contribution in [0.3, 0.4) is 0 Å². The minimum atomic E-state index is -5.75. The Kier molecular flexibility index (Phi) is 4.61. The van der Waals surface area contributed by atoms with E-state index in [1.165, 1.54) is 99.2 Å². The highest BCUT2D eigenvalue weighted by atomic mass is 32.1. The minimum absolute atomic E-state index is 0.0707. The molecular formula is C54H27F7O2S. The van der Waals surface area contributed by atoms with Gasteiger partial charge in [0, 0.05) is 63.9 Å². The van der Waals surface area contributed by atoms with E-state index in [-0.39, 0.29) is 41.9 Å². The van der Waals surface area contributed by atoms with Gasteiger partial charge in [-0.05, 0) is 161 Å². The van der Waals surface area contributed by atoms with E-state index in [0.717, 1.165) is 38.2 Å². The number of halogens is 7. The van der Waals surface area contributed by atoms with Crippen molar-refractivity contribution in [1.82, 2.24) is 0 Å². The lowest BCUT2D eigenvalue weighted by molar-refractivity contribution is -0.322. The summed E-state index contributed by atoms with van der Waals surface area (Å²) in [6.45, 7) is 0. The molecule has 10 heteroatoms. The zero-order chi connectivity index (χ0) is 42.3. The number of esters is 1. The Balaban J connectivity index is 1.04. The van der Waals surface area contributed by atoms with Crippen molar-refractivity contribution >= 4 is 115 Å². The summed E-state index contributed by atoms with van der Waals surface area (Å²) in [6.07, 6.45) is 7.95. The monoisotopic (exact) mass is 872 g/mol. The molecule has 0 saturated heterocycles. The van der Waals surface area contributed by atoms with E-state index < -0.39 is 63.7 Å². The summed E-state index contributed by atoms with van der Waals surface area (Å²) in [5.74, 6) is -16.4. The molecule has 9 aromatic carbocycles. The summed E-state index contributed by atoms with van der Waals surface area (Å²) in [5, 5.41) is 19.9. The molecule has 2 nitrogen and oxygen atoms in total. The second kappa shape index (κ2) is 8.92. The van der Waals surface area contributed by atoms with Crippen molar-refractivity contribution in [3.63, 3.8) is 0 Å². The number of hydrogen-bond donors (Lipinski definition) is 0. The Morgan fingerprint density at radius 1 is 0.719 bits per heavy atom. The van der Waals surface area contributed by atoms with Crippen LogP contribution in [0, 0.1) is 22.9 Å². The Morgan fingerprint density at radius 2 is 1.41 bits per heavy atom. The van der Waals surface area contributed by atoms with E-state index in [9.17, 15) is 4.79 Å². The quantitative estimate of drug-likeness (QED) is 0.0745. The second-order valence-corrected chi connectivity index (χ2v) is 22.1. The van der Waals surface area contributed by atoms with E-state index in [4.69, 9.17) is 4.74 Å². The van der Waals surface area contributed by atoms with E-state index in [1.54, 1.807) is 0 Å². The Bertz CT molecular complexity index is 4210. The Hall–Kier alpha value is -5.48. The molecule has 0 aliphatic heterocycles. The summed E-state index contributed by atoms with van der Waals surface area (Å²) in [4.78, 5) is 12.5. The molecule has 64 heavy (non-hydrogen) atoms. The van der Waals surface area contributed by atoms with Gasteiger partial charge >= 0.3 is 23.7 Å². The van der Waals surface area contributed by atoms with Crippen LogP contribution in [-0.2, 0) is 27.3 Å². The van der Waals surface area contributed by atoms with E-state index in [1.807, 2.05) is 0 Å². The predicted octanol–water partition coefficient (Wildman–Crippen LogP) is 13.3. The summed E-state index contributed by atoms with van der Waals surface area (Å²) in [6, 6.07) is 9.09. The largest absolute Gasteiger partial charge is 0.469 e. The third-order valence-electron chi connectivity index (χ3n) is 19.6. The van der Waals surface area contributed by atoms with E-state index in [2.05, 4.69) is 48.6 Å². The van der Waals surface area contributed by atoms with Crippen LogP contribution in [0.2, 0.25) is 0 Å². The number of alkyl halides is 6. The van der Waals surface area contributed by atoms with Crippen LogP contribution < -0.4 is 5.22 Å². The molecule has 2 fully saturated rings. The lowest BCUT2D eigenvalue weighted by atomic mass is 9.65. The maximum Gasteiger partial charge on any atom is 0.376 e. The normalized spacial score (nSPS) is 32.5. The van der Waals surface area contributed by atoms with Crippen LogP contribution in [0.1, 0.15) is 98.2 Å². The molecule has 310 valence electrons. The highest BCUT2D eigenvalue weighted by molar-refractivity contribution is 7.11. The molecule has 9 atom stereocenters. The average Bonchev–Trinajstić information content (AvgIpc) is 3.98. The van der Waals surface area contributed by atoms with Crippen molar-refractivity contribution in [3.8, 4) is 0 Å². The molecule has 0 radical (unpaired) electrons. The molecule has 0 N–H and O–H groups in total. The molecule has 9 aliphatic carbocycles. The van der Waals surface area contributed by atoms with E-state index >= 15 is 30.7 Å². The zero-order valence-corrected chi connectivity index (χ0v) is 34.3. The number of rotatable bonds is 5. The van der Waals surface area contributed by atoms with Crippen molar-refractivity contribution in [1.29, 1.82) is 0 Å². The van der Waals surface area contributed by atoms with Crippen LogP contribution in [-0.4, -0.2) is 24.9 Å². The summed E-state index contributed by atoms with van der Waals surface area (Å²) in [5.41, 5.74) is 5.08. The Labute approximate surface area is 359 Å². The van der Waals surface area contributed by atoms with Gasteiger partial charge in [-0.15, -0.1) is 11.3 Å². The van der Waals surface area contributed by atoms with Gasteiger partial charge in [0.15, 0.2) is 5.13 Å². The van der Waals surface area contributed by atoms with Gasteiger partial charge in [0.1, 0.15) is 0 Å². The number of carbonyl (C=O) groups is 1. The molecule has 9 unspecified atom stereocenters. The molecular weight excluding hydrogens is 846 g/mol. The molecule has 0 amide bonds. The molecule has 19 rings (SSSR count). The molecule has 1 heterocycles. The van der Waals surface area contributed by atoms with Gasteiger partial charge < -0.3 is 4.74 Å². The number of hydrogen-bond acceptors (Lipinski definition) is 3. The van der Waals surface area contributed by atoms with Gasteiger partial charge in [-0.1, -0.05) is 48.6 Å². The summed E-state index contributed by atoms with van der Waals surface area (Å²) < 4.78 is 117. The van der Waals surface area contributed by atoms with Crippen LogP contribution >= 0.6 is 11.3 Å². The van der Waals surface area contributed by atoms with Crippen molar-refractivity contribution in [2.45, 2.75) is 78.5 Å². The van der Waals surface area contributed by atoms with Gasteiger partial charge in [0.05, 0.1) is 7.11 Å². The standard InChI is InChI=1S/C54H27F7O2S/c1-63-23(62)3-2-12-51(49-46-22(50(55)64-49)13-52(56,57)54(60,61)53(46,58)59)47-32-20-10-8-18-16-6-4-14-15-5-7-17-19-9-11-21-31-29(19)36-27(17)25(15)34-24(14)26(16)35-28(18)30(20)37-39(32)40(33(21)48(47)51)38(31)45-43(36)41(34)42(35)44(37)45/h4-11,14,16,18,24,26,28,47-48H,2-3,12-13H2,1H3. The number of methoxy groups -OCH3 is 1. The van der Waals surface area contributed by atoms with Crippen LogP contribution in [0.15, 0.2) is 42.5 Å². The number of carbonyl (C=O) groups excluding carboxylic acids is 1. The third-order valence-corrected chi connectivity index (χ3v) is 20.8. The molecule has 9 aliphatic rings. The lowest BCUT2D eigenvalue weighted by Crippen LogP contribution is -2.57. The number of benzene rings is 5. The van der Waals surface area contributed by atoms with Gasteiger partial charge in [-0.2, -0.15) is 30.7 Å². The van der Waals surface area contributed by atoms with Gasteiger partial charge in [-0.25, -0.2) is 0 Å². The first-order valence-corrected chi connectivity index (χ1v) is 23.4. The fourth-order valence-electron chi connectivity index (χ4n) is 18.0. The fourth-order valence-corrected chi connectivity index (χ4v) is 19.4. The molecule has 0 spiro atoms. The van der Waals surface area contributed by atoms with Gasteiger partial charge in [0.2, 0.25) is 0 Å². The first-order valence-electron chi connectivity index (χ1n) is 22.6. The van der Waals surface area contributed by atoms with Crippen LogP contribution in [0.4, 0.5) is 30.7 Å². The molecule has 2 saturated carbocycles. The zero-order valence-electron chi connectivity index (χ0n) is 33.4. The topological polar surface area (TPSA) is 26.3 Å². The van der Waals surface area contributed by atoms with Crippen molar-refractivity contribution < 1.29 is 40.3 Å². The summed E-state index contributed by atoms with van der Waals surface area (Å²) >= 11 is 0.346. The first kappa shape index (κ1) is 33.1. The molecule has 10 aromatic rings. The minimum Gasteiger partial charge on any atom is -0.469 e. The Morgan fingerprint density at radius 3 is 2.23 bits per heavy atom. The number of thiophene rings is 1. The van der Waals surface area contributed by atoms with E-state index in [0.29, 0.717) is 29.1 Å². The van der Waals surface area contributed by atoms with Crippen molar-refractivity contribution in [2.24, 2.45) is 17.8 Å². The lowest BCUT2D eigenvalue weighted by Gasteiger charge is -2.38. The number of allylic oxidation sites excluding steroid dienone is 3. The predicted molar refractivity (Wildman–Crippen MR) is 233 cm³/mol. The van der Waals surface area contributed by atoms with Gasteiger partial charge in [-0.3, -0.25) is 4.79 Å². The smallest absolute Gasteiger partial charge is 0.376 e. The highest BCUT2D eigenvalue weighted by Crippen LogP contribution is 2.83. The summed E-state index contributed by atoms with van der Waals surface area (Å²) in [7, 11) is 1.27. The second-order valence-electron chi connectivity index (χ2n) is 21.1. The third kappa shape index (κ3) is 2.65. The first-order chi connectivity index (χ1) is 30.9. The average molecular weight is 873 g/mol.